The van der Waals surface area contributed by atoms with Gasteiger partial charge in [0, 0.05) is 56.2 Å². The zero-order chi connectivity index (χ0) is 32.6. The van der Waals surface area contributed by atoms with Crippen LogP contribution in [-0.4, -0.2) is 83.6 Å². The van der Waals surface area contributed by atoms with E-state index in [4.69, 9.17) is 9.47 Å². The molecule has 1 atom stereocenters. The largest absolute Gasteiger partial charge is 0.382 e. The van der Waals surface area contributed by atoms with Gasteiger partial charge in [-0.2, -0.15) is 0 Å². The number of carbonyl (C=O) groups is 2. The number of nitro benzene ring substituents is 1. The number of allylic oxidation sites excluding steroid dienone is 2. The Morgan fingerprint density at radius 3 is 2.31 bits per heavy atom. The summed E-state index contributed by atoms with van der Waals surface area (Å²) >= 11 is 0. The Balaban J connectivity index is 1.43. The van der Waals surface area contributed by atoms with Gasteiger partial charge in [-0.3, -0.25) is 30.1 Å². The Labute approximate surface area is 262 Å². The lowest BCUT2D eigenvalue weighted by atomic mass is 9.79. The van der Waals surface area contributed by atoms with Crippen LogP contribution in [0.5, 0.6) is 0 Å². The van der Waals surface area contributed by atoms with Gasteiger partial charge in [-0.25, -0.2) is 10.5 Å². The quantitative estimate of drug-likeness (QED) is 0.112. The molecule has 0 saturated carbocycles. The number of methoxy groups -OCH3 is 1. The second-order valence-electron chi connectivity index (χ2n) is 11.2. The van der Waals surface area contributed by atoms with Crippen molar-refractivity contribution in [1.29, 1.82) is 0 Å². The Morgan fingerprint density at radius 1 is 1.07 bits per heavy atom. The number of hydroxylamine groups is 3. The number of rotatable bonds is 13. The molecule has 2 aliphatic heterocycles. The molecule has 0 aromatic heterocycles. The van der Waals surface area contributed by atoms with Crippen molar-refractivity contribution in [2.24, 2.45) is 0 Å². The van der Waals surface area contributed by atoms with Crippen LogP contribution in [0, 0.1) is 10.1 Å². The average molecular weight is 624 g/mol. The van der Waals surface area contributed by atoms with Crippen molar-refractivity contribution >= 4 is 17.5 Å². The molecule has 0 radical (unpaired) electrons. The summed E-state index contributed by atoms with van der Waals surface area (Å²) in [6.45, 7) is 6.52. The summed E-state index contributed by atoms with van der Waals surface area (Å²) in [6, 6.07) is 15.7. The maximum absolute atomic E-state index is 13.7. The molecule has 2 aromatic carbocycles. The molecule has 1 fully saturated rings. The topological polar surface area (TPSA) is 167 Å². The minimum absolute atomic E-state index is 0.0392. The van der Waals surface area contributed by atoms with Crippen LogP contribution in [0.2, 0.25) is 0 Å². The lowest BCUT2D eigenvalue weighted by Gasteiger charge is -2.42. The van der Waals surface area contributed by atoms with Crippen LogP contribution in [0.3, 0.4) is 0 Å². The molecule has 0 spiro atoms. The third-order valence-corrected chi connectivity index (χ3v) is 8.48. The van der Waals surface area contributed by atoms with Crippen LogP contribution in [0.25, 0.3) is 0 Å². The molecule has 0 bridgehead atoms. The highest BCUT2D eigenvalue weighted by Gasteiger charge is 2.39. The number of benzene rings is 2. The summed E-state index contributed by atoms with van der Waals surface area (Å²) in [4.78, 5) is 39.4. The fraction of sp³-hybridized carbons (Fsp3) is 0.438. The van der Waals surface area contributed by atoms with Crippen molar-refractivity contribution < 1.29 is 34.4 Å². The zero-order valence-electron chi connectivity index (χ0n) is 25.8. The molecule has 1 saturated heterocycles. The third-order valence-electron chi connectivity index (χ3n) is 8.48. The number of likely N-dealkylation sites (tertiary alicyclic amines) is 1. The first-order chi connectivity index (χ1) is 21.6. The van der Waals surface area contributed by atoms with Gasteiger partial charge in [0.2, 0.25) is 0 Å². The van der Waals surface area contributed by atoms with Gasteiger partial charge in [-0.15, -0.1) is 0 Å². The van der Waals surface area contributed by atoms with E-state index in [1.807, 2.05) is 18.2 Å². The number of piperidine rings is 1. The number of carbonyl (C=O) groups excluding carboxylic acids is 2. The molecule has 13 heteroatoms. The van der Waals surface area contributed by atoms with E-state index in [0.29, 0.717) is 48.2 Å². The average Bonchev–Trinajstić information content (AvgIpc) is 3.05. The first kappa shape index (κ1) is 33.7. The van der Waals surface area contributed by atoms with Crippen LogP contribution in [0.15, 0.2) is 77.1 Å². The van der Waals surface area contributed by atoms with Gasteiger partial charge in [0.1, 0.15) is 0 Å². The second kappa shape index (κ2) is 15.2. The Hall–Kier alpha value is -4.14. The number of hydrogen-bond acceptors (Lipinski definition) is 10. The molecule has 2 heterocycles. The molecule has 4 rings (SSSR count). The van der Waals surface area contributed by atoms with E-state index in [2.05, 4.69) is 22.3 Å². The van der Waals surface area contributed by atoms with Crippen molar-refractivity contribution in [3.05, 3.63) is 98.4 Å². The number of nitro groups is 1. The van der Waals surface area contributed by atoms with E-state index >= 15 is 0 Å². The Kier molecular flexibility index (Phi) is 11.4. The predicted octanol–water partition coefficient (Wildman–Crippen LogP) is 3.60. The number of non-ortho nitro benzene ring substituents is 1. The fourth-order valence-corrected chi connectivity index (χ4v) is 6.16. The highest BCUT2D eigenvalue weighted by molar-refractivity contribution is 6.03. The standard InChI is InChI=1S/C32H41N5O8/c1-22-27(30(38)34-40)29(24-10-12-26(13-11-24)37(42)43)28(23(2)33-22)31(39)36(41)17-7-16-35-18-14-32(15-19-35,45-21-20-44-3)25-8-5-4-6-9-25/h4-6,8-13,29,33,40-41H,7,14-21H2,1-3H3,(H,34,38). The molecule has 2 amide bonds. The third kappa shape index (κ3) is 7.75. The summed E-state index contributed by atoms with van der Waals surface area (Å²) in [6.07, 6.45) is 2.07. The first-order valence-corrected chi connectivity index (χ1v) is 14.9. The van der Waals surface area contributed by atoms with Crippen LogP contribution < -0.4 is 10.8 Å². The van der Waals surface area contributed by atoms with Crippen molar-refractivity contribution in [3.63, 3.8) is 0 Å². The smallest absolute Gasteiger partial charge is 0.275 e. The number of ether oxygens (including phenoxy) is 2. The summed E-state index contributed by atoms with van der Waals surface area (Å²) in [5.74, 6) is -2.55. The maximum Gasteiger partial charge on any atom is 0.275 e. The van der Waals surface area contributed by atoms with Gasteiger partial charge in [0.25, 0.3) is 17.5 Å². The minimum atomic E-state index is -0.993. The SMILES string of the molecule is COCCOC1(c2ccccc2)CCN(CCCN(O)C(=O)C2=C(C)NC(C)=C(C(=O)NO)C2c2ccc([N+](=O)[O-])cc2)CC1. The lowest BCUT2D eigenvalue weighted by Crippen LogP contribution is -2.45. The second-order valence-corrected chi connectivity index (χ2v) is 11.2. The van der Waals surface area contributed by atoms with E-state index in [9.17, 15) is 30.1 Å². The normalized spacial score (nSPS) is 18.4. The fourth-order valence-electron chi connectivity index (χ4n) is 6.16. The zero-order valence-corrected chi connectivity index (χ0v) is 25.8. The van der Waals surface area contributed by atoms with Gasteiger partial charge >= 0.3 is 0 Å². The van der Waals surface area contributed by atoms with Gasteiger partial charge < -0.3 is 19.7 Å². The van der Waals surface area contributed by atoms with Gasteiger partial charge in [0.15, 0.2) is 0 Å². The van der Waals surface area contributed by atoms with E-state index < -0.39 is 28.3 Å². The summed E-state index contributed by atoms with van der Waals surface area (Å²) in [5.41, 5.74) is 3.58. The van der Waals surface area contributed by atoms with E-state index in [0.717, 1.165) is 31.5 Å². The lowest BCUT2D eigenvalue weighted by molar-refractivity contribution is -0.384. The molecule has 13 nitrogen and oxygen atoms in total. The molecule has 0 aliphatic carbocycles. The van der Waals surface area contributed by atoms with Gasteiger partial charge in [-0.1, -0.05) is 42.5 Å². The number of dihydropyridines is 1. The van der Waals surface area contributed by atoms with Crippen molar-refractivity contribution in [1.82, 2.24) is 20.8 Å². The highest BCUT2D eigenvalue weighted by atomic mass is 16.6. The van der Waals surface area contributed by atoms with Crippen LogP contribution in [0.4, 0.5) is 5.69 Å². The molecule has 1 unspecified atom stereocenters. The van der Waals surface area contributed by atoms with Crippen molar-refractivity contribution in [3.8, 4) is 0 Å². The van der Waals surface area contributed by atoms with Gasteiger partial charge in [-0.05, 0) is 50.8 Å². The number of nitrogens with one attached hydrogen (secondary N) is 2. The number of amides is 2. The molecular weight excluding hydrogens is 582 g/mol. The molecule has 2 aromatic rings. The summed E-state index contributed by atoms with van der Waals surface area (Å²) in [5, 5.41) is 35.2. The molecule has 2 aliphatic rings. The minimum Gasteiger partial charge on any atom is -0.382 e. The van der Waals surface area contributed by atoms with Crippen LogP contribution in [-0.2, 0) is 24.7 Å². The molecule has 45 heavy (non-hydrogen) atoms. The van der Waals surface area contributed by atoms with Crippen LogP contribution >= 0.6 is 0 Å². The highest BCUT2D eigenvalue weighted by Crippen LogP contribution is 2.40. The van der Waals surface area contributed by atoms with Crippen molar-refractivity contribution in [2.75, 3.05) is 46.5 Å². The molecular formula is C32H41N5O8. The first-order valence-electron chi connectivity index (χ1n) is 14.9. The Morgan fingerprint density at radius 2 is 1.71 bits per heavy atom. The van der Waals surface area contributed by atoms with E-state index in [1.54, 1.807) is 26.4 Å². The predicted molar refractivity (Wildman–Crippen MR) is 164 cm³/mol. The summed E-state index contributed by atoms with van der Waals surface area (Å²) in [7, 11) is 1.65. The maximum atomic E-state index is 13.7. The van der Waals surface area contributed by atoms with E-state index in [-0.39, 0.29) is 23.4 Å². The van der Waals surface area contributed by atoms with Crippen molar-refractivity contribution in [2.45, 2.75) is 44.6 Å². The number of hydrogen-bond donors (Lipinski definition) is 4. The monoisotopic (exact) mass is 623 g/mol. The van der Waals surface area contributed by atoms with Crippen LogP contribution in [0.1, 0.15) is 50.2 Å². The Bertz CT molecular complexity index is 1420. The van der Waals surface area contributed by atoms with E-state index in [1.165, 1.54) is 24.3 Å². The summed E-state index contributed by atoms with van der Waals surface area (Å²) < 4.78 is 11.6. The molecule has 242 valence electrons. The molecule has 4 N–H and O–H groups in total. The van der Waals surface area contributed by atoms with Gasteiger partial charge in [0.05, 0.1) is 34.9 Å². The number of nitrogens with zero attached hydrogens (tertiary/aromatic N) is 3.